The van der Waals surface area contributed by atoms with E-state index in [9.17, 15) is 14.7 Å². The first-order valence-electron chi connectivity index (χ1n) is 7.81. The molecule has 3 N–H and O–H groups in total. The highest BCUT2D eigenvalue weighted by atomic mass is 16.3. The summed E-state index contributed by atoms with van der Waals surface area (Å²) in [5, 5.41) is 10.1. The van der Waals surface area contributed by atoms with E-state index in [1.807, 2.05) is 18.2 Å². The van der Waals surface area contributed by atoms with Crippen LogP contribution in [0.15, 0.2) is 30.3 Å². The number of nitrogens with two attached hydrogens (primary N) is 1. The second-order valence-corrected chi connectivity index (χ2v) is 6.63. The molecule has 2 amide bonds. The Morgan fingerprint density at radius 3 is 2.18 bits per heavy atom. The molecule has 1 aliphatic heterocycles. The number of hydrogen-bond donors (Lipinski definition) is 2. The van der Waals surface area contributed by atoms with Crippen molar-refractivity contribution in [2.24, 2.45) is 11.1 Å². The van der Waals surface area contributed by atoms with Crippen molar-refractivity contribution in [3.8, 4) is 0 Å². The third-order valence-electron chi connectivity index (χ3n) is 5.03. The van der Waals surface area contributed by atoms with Crippen molar-refractivity contribution in [3.05, 3.63) is 35.9 Å². The average molecular weight is 302 g/mol. The van der Waals surface area contributed by atoms with Crippen LogP contribution in [-0.4, -0.2) is 40.5 Å². The van der Waals surface area contributed by atoms with Crippen LogP contribution in [0.4, 0.5) is 0 Å². The van der Waals surface area contributed by atoms with Crippen LogP contribution in [0.2, 0.25) is 0 Å². The Morgan fingerprint density at radius 1 is 1.09 bits per heavy atom. The Hall–Kier alpha value is -1.88. The molecule has 1 aromatic carbocycles. The molecule has 0 radical (unpaired) electrons. The van der Waals surface area contributed by atoms with E-state index in [-0.39, 0.29) is 24.2 Å². The van der Waals surface area contributed by atoms with Gasteiger partial charge in [-0.1, -0.05) is 30.3 Å². The van der Waals surface area contributed by atoms with Crippen LogP contribution in [0.5, 0.6) is 0 Å². The predicted octanol–water partition coefficient (Wildman–Crippen LogP) is 0.848. The van der Waals surface area contributed by atoms with Gasteiger partial charge in [-0.25, -0.2) is 0 Å². The van der Waals surface area contributed by atoms with Gasteiger partial charge in [0.05, 0.1) is 5.41 Å². The van der Waals surface area contributed by atoms with Crippen molar-refractivity contribution in [1.82, 2.24) is 4.90 Å². The lowest BCUT2D eigenvalue weighted by Crippen LogP contribution is -2.54. The van der Waals surface area contributed by atoms with Gasteiger partial charge in [0, 0.05) is 25.9 Å². The molecule has 0 atom stereocenters. The first kappa shape index (κ1) is 15.0. The summed E-state index contributed by atoms with van der Waals surface area (Å²) in [5.74, 6) is -0.534. The molecule has 1 aliphatic carbocycles. The number of rotatable bonds is 4. The van der Waals surface area contributed by atoms with E-state index in [1.54, 1.807) is 4.90 Å². The zero-order valence-corrected chi connectivity index (χ0v) is 12.6. The largest absolute Gasteiger partial charge is 0.380 e. The SMILES string of the molecule is NC(=O)C1(O)CCN(C(=O)C2(Cc3ccccc3)CC2)CC1. The minimum absolute atomic E-state index is 0.155. The Balaban J connectivity index is 1.64. The highest BCUT2D eigenvalue weighted by Gasteiger charge is 2.52. The Bertz CT molecular complexity index is 573. The number of amides is 2. The molecular weight excluding hydrogens is 280 g/mol. The fourth-order valence-corrected chi connectivity index (χ4v) is 3.27. The predicted molar refractivity (Wildman–Crippen MR) is 81.8 cm³/mol. The molecule has 2 fully saturated rings. The molecule has 0 unspecified atom stereocenters. The molecule has 1 heterocycles. The summed E-state index contributed by atoms with van der Waals surface area (Å²) in [6, 6.07) is 10.1. The van der Waals surface area contributed by atoms with Crippen molar-refractivity contribution in [1.29, 1.82) is 0 Å². The first-order valence-corrected chi connectivity index (χ1v) is 7.81. The van der Waals surface area contributed by atoms with Gasteiger partial charge in [-0.2, -0.15) is 0 Å². The van der Waals surface area contributed by atoms with Crippen LogP contribution in [0.3, 0.4) is 0 Å². The molecular formula is C17H22N2O3. The highest BCUT2D eigenvalue weighted by Crippen LogP contribution is 2.50. The lowest BCUT2D eigenvalue weighted by atomic mass is 9.88. The number of nitrogens with zero attached hydrogens (tertiary/aromatic N) is 1. The van der Waals surface area contributed by atoms with Gasteiger partial charge in [0.15, 0.2) is 0 Å². The number of aliphatic hydroxyl groups is 1. The minimum atomic E-state index is -1.45. The van der Waals surface area contributed by atoms with E-state index in [4.69, 9.17) is 5.73 Å². The van der Waals surface area contributed by atoms with Crippen molar-refractivity contribution in [2.75, 3.05) is 13.1 Å². The molecule has 5 nitrogen and oxygen atoms in total. The lowest BCUT2D eigenvalue weighted by Gasteiger charge is -2.37. The van der Waals surface area contributed by atoms with Crippen molar-refractivity contribution in [2.45, 2.75) is 37.7 Å². The monoisotopic (exact) mass is 302 g/mol. The van der Waals surface area contributed by atoms with Crippen LogP contribution >= 0.6 is 0 Å². The van der Waals surface area contributed by atoms with Crippen LogP contribution < -0.4 is 5.73 Å². The van der Waals surface area contributed by atoms with E-state index >= 15 is 0 Å². The Morgan fingerprint density at radius 2 is 1.68 bits per heavy atom. The smallest absolute Gasteiger partial charge is 0.249 e. The fraction of sp³-hybridized carbons (Fsp3) is 0.529. The minimum Gasteiger partial charge on any atom is -0.380 e. The van der Waals surface area contributed by atoms with E-state index < -0.39 is 11.5 Å². The number of primary amides is 1. The number of carbonyl (C=O) groups excluding carboxylic acids is 2. The quantitative estimate of drug-likeness (QED) is 0.865. The van der Waals surface area contributed by atoms with Crippen molar-refractivity contribution >= 4 is 11.8 Å². The summed E-state index contributed by atoms with van der Waals surface area (Å²) in [5.41, 5.74) is 4.68. The maximum atomic E-state index is 12.8. The standard InChI is InChI=1S/C17H22N2O3/c18-14(20)17(22)8-10-19(11-9-17)15(21)16(6-7-16)12-13-4-2-1-3-5-13/h1-5,22H,6-12H2,(H2,18,20). The number of carbonyl (C=O) groups is 2. The number of benzene rings is 1. The third kappa shape index (κ3) is 2.73. The lowest BCUT2D eigenvalue weighted by molar-refractivity contribution is -0.149. The average Bonchev–Trinajstić information content (AvgIpc) is 3.29. The van der Waals surface area contributed by atoms with Crippen LogP contribution in [0.1, 0.15) is 31.2 Å². The number of likely N-dealkylation sites (tertiary alicyclic amines) is 1. The van der Waals surface area contributed by atoms with E-state index in [1.165, 1.54) is 5.56 Å². The van der Waals surface area contributed by atoms with E-state index in [0.717, 1.165) is 19.3 Å². The van der Waals surface area contributed by atoms with E-state index in [2.05, 4.69) is 12.1 Å². The van der Waals surface area contributed by atoms with Crippen LogP contribution in [-0.2, 0) is 16.0 Å². The maximum absolute atomic E-state index is 12.8. The third-order valence-corrected chi connectivity index (χ3v) is 5.03. The van der Waals surface area contributed by atoms with Gasteiger partial charge < -0.3 is 15.7 Å². The molecule has 1 saturated carbocycles. The summed E-state index contributed by atoms with van der Waals surface area (Å²) in [7, 11) is 0. The second kappa shape index (κ2) is 5.39. The normalized spacial score (nSPS) is 22.1. The van der Waals surface area contributed by atoms with Gasteiger partial charge in [0.2, 0.25) is 11.8 Å². The summed E-state index contributed by atoms with van der Waals surface area (Å²) in [4.78, 5) is 25.9. The molecule has 0 bridgehead atoms. The van der Waals surface area contributed by atoms with E-state index in [0.29, 0.717) is 13.1 Å². The maximum Gasteiger partial charge on any atom is 0.249 e. The molecule has 118 valence electrons. The second-order valence-electron chi connectivity index (χ2n) is 6.63. The van der Waals surface area contributed by atoms with Gasteiger partial charge in [-0.05, 0) is 24.8 Å². The molecule has 3 rings (SSSR count). The summed E-state index contributed by atoms with van der Waals surface area (Å²) >= 11 is 0. The zero-order chi connectivity index (χ0) is 15.8. The molecule has 0 aromatic heterocycles. The van der Waals surface area contributed by atoms with Gasteiger partial charge in [0.25, 0.3) is 0 Å². The highest BCUT2D eigenvalue weighted by molar-refractivity contribution is 5.87. The molecule has 0 spiro atoms. The number of piperidine rings is 1. The van der Waals surface area contributed by atoms with Gasteiger partial charge in [-0.15, -0.1) is 0 Å². The molecule has 5 heteroatoms. The van der Waals surface area contributed by atoms with Crippen molar-refractivity contribution < 1.29 is 14.7 Å². The first-order chi connectivity index (χ1) is 10.5. The summed E-state index contributed by atoms with van der Waals surface area (Å²) in [6.07, 6.45) is 3.06. The Kier molecular flexibility index (Phi) is 3.68. The van der Waals surface area contributed by atoms with Crippen molar-refractivity contribution in [3.63, 3.8) is 0 Å². The summed E-state index contributed by atoms with van der Waals surface area (Å²) < 4.78 is 0. The van der Waals surface area contributed by atoms with Crippen LogP contribution in [0.25, 0.3) is 0 Å². The number of hydrogen-bond acceptors (Lipinski definition) is 3. The van der Waals surface area contributed by atoms with Crippen LogP contribution in [0, 0.1) is 5.41 Å². The van der Waals surface area contributed by atoms with Gasteiger partial charge >= 0.3 is 0 Å². The summed E-state index contributed by atoms with van der Waals surface area (Å²) in [6.45, 7) is 0.795. The Labute approximate surface area is 130 Å². The molecule has 1 saturated heterocycles. The molecule has 22 heavy (non-hydrogen) atoms. The van der Waals surface area contributed by atoms with Gasteiger partial charge in [0.1, 0.15) is 5.60 Å². The molecule has 2 aliphatic rings. The zero-order valence-electron chi connectivity index (χ0n) is 12.6. The topological polar surface area (TPSA) is 83.6 Å². The fourth-order valence-electron chi connectivity index (χ4n) is 3.27. The molecule has 1 aromatic rings. The van der Waals surface area contributed by atoms with Gasteiger partial charge in [-0.3, -0.25) is 9.59 Å².